The van der Waals surface area contributed by atoms with E-state index in [9.17, 15) is 9.59 Å². The lowest BCUT2D eigenvalue weighted by atomic mass is 9.95. The van der Waals surface area contributed by atoms with E-state index in [1.807, 2.05) is 43.3 Å². The van der Waals surface area contributed by atoms with Gasteiger partial charge in [0.15, 0.2) is 0 Å². The summed E-state index contributed by atoms with van der Waals surface area (Å²) in [4.78, 5) is 27.3. The van der Waals surface area contributed by atoms with Crippen LogP contribution >= 0.6 is 11.3 Å². The van der Waals surface area contributed by atoms with Gasteiger partial charge in [-0.25, -0.2) is 0 Å². The molecule has 1 aliphatic carbocycles. The minimum absolute atomic E-state index is 0.212. The lowest BCUT2D eigenvalue weighted by Gasteiger charge is -2.15. The van der Waals surface area contributed by atoms with E-state index in [4.69, 9.17) is 4.74 Å². The van der Waals surface area contributed by atoms with Crippen molar-refractivity contribution >= 4 is 33.8 Å². The highest BCUT2D eigenvalue weighted by Gasteiger charge is 2.27. The second kappa shape index (κ2) is 8.71. The number of carbonyl (C=O) groups excluding carboxylic acids is 2. The van der Waals surface area contributed by atoms with Crippen LogP contribution < -0.4 is 15.4 Å². The molecule has 3 aromatic rings. The smallest absolute Gasteiger partial charge is 0.259 e. The van der Waals surface area contributed by atoms with Gasteiger partial charge in [0.1, 0.15) is 10.8 Å². The van der Waals surface area contributed by atoms with E-state index in [-0.39, 0.29) is 11.8 Å². The number of amides is 2. The SMILES string of the molecule is COc1ccc(C)cc1NC(=O)c1c(NC(=O)c2ccccc2)sc2c1CCCC2. The average Bonchev–Trinajstić information content (AvgIpc) is 3.12. The fourth-order valence-corrected chi connectivity index (χ4v) is 5.05. The molecule has 6 heteroatoms. The molecule has 2 amide bonds. The van der Waals surface area contributed by atoms with Gasteiger partial charge in [0.2, 0.25) is 0 Å². The van der Waals surface area contributed by atoms with E-state index >= 15 is 0 Å². The van der Waals surface area contributed by atoms with Gasteiger partial charge in [-0.2, -0.15) is 0 Å². The second-order valence-corrected chi connectivity index (χ2v) is 8.50. The summed E-state index contributed by atoms with van der Waals surface area (Å²) >= 11 is 1.51. The van der Waals surface area contributed by atoms with Crippen LogP contribution in [0.25, 0.3) is 0 Å². The standard InChI is InChI=1S/C24H24N2O3S/c1-15-12-13-19(29-2)18(14-15)25-23(28)21-17-10-6-7-11-20(17)30-24(21)26-22(27)16-8-4-3-5-9-16/h3-5,8-9,12-14H,6-7,10-11H2,1-2H3,(H,25,28)(H,26,27). The molecular formula is C24H24N2O3S. The Morgan fingerprint density at radius 2 is 1.73 bits per heavy atom. The summed E-state index contributed by atoms with van der Waals surface area (Å²) in [7, 11) is 1.58. The number of carbonyl (C=O) groups is 2. The molecule has 0 bridgehead atoms. The van der Waals surface area contributed by atoms with Gasteiger partial charge in [0.05, 0.1) is 18.4 Å². The van der Waals surface area contributed by atoms with Crippen molar-refractivity contribution in [3.63, 3.8) is 0 Å². The molecule has 5 nitrogen and oxygen atoms in total. The van der Waals surface area contributed by atoms with Gasteiger partial charge in [0, 0.05) is 10.4 Å². The first-order valence-electron chi connectivity index (χ1n) is 10.0. The third kappa shape index (κ3) is 4.09. The zero-order chi connectivity index (χ0) is 21.1. The second-order valence-electron chi connectivity index (χ2n) is 7.39. The van der Waals surface area contributed by atoms with Crippen LogP contribution in [0.3, 0.4) is 0 Å². The quantitative estimate of drug-likeness (QED) is 0.577. The monoisotopic (exact) mass is 420 g/mol. The maximum atomic E-state index is 13.4. The first-order valence-corrected chi connectivity index (χ1v) is 10.9. The number of fused-ring (bicyclic) bond motifs is 1. The minimum atomic E-state index is -0.221. The zero-order valence-electron chi connectivity index (χ0n) is 17.1. The maximum absolute atomic E-state index is 13.4. The number of hydrogen-bond donors (Lipinski definition) is 2. The van der Waals surface area contributed by atoms with E-state index in [0.717, 1.165) is 36.8 Å². The highest BCUT2D eigenvalue weighted by Crippen LogP contribution is 2.39. The normalized spacial score (nSPS) is 12.7. The maximum Gasteiger partial charge on any atom is 0.259 e. The molecule has 0 saturated carbocycles. The van der Waals surface area contributed by atoms with Crippen molar-refractivity contribution < 1.29 is 14.3 Å². The highest BCUT2D eigenvalue weighted by atomic mass is 32.1. The van der Waals surface area contributed by atoms with Gasteiger partial charge in [-0.3, -0.25) is 9.59 Å². The van der Waals surface area contributed by atoms with Crippen molar-refractivity contribution in [2.75, 3.05) is 17.7 Å². The zero-order valence-corrected chi connectivity index (χ0v) is 17.9. The number of nitrogens with one attached hydrogen (secondary N) is 2. The number of hydrogen-bond acceptors (Lipinski definition) is 4. The first-order chi connectivity index (χ1) is 14.6. The summed E-state index contributed by atoms with van der Waals surface area (Å²) in [6.45, 7) is 1.97. The van der Waals surface area contributed by atoms with E-state index in [2.05, 4.69) is 10.6 Å². The van der Waals surface area contributed by atoms with Crippen molar-refractivity contribution in [3.8, 4) is 5.75 Å². The molecule has 0 aliphatic heterocycles. The number of aryl methyl sites for hydroxylation is 2. The van der Waals surface area contributed by atoms with Crippen LogP contribution in [-0.4, -0.2) is 18.9 Å². The predicted molar refractivity (Wildman–Crippen MR) is 121 cm³/mol. The van der Waals surface area contributed by atoms with Gasteiger partial charge in [0.25, 0.3) is 11.8 Å². The largest absolute Gasteiger partial charge is 0.495 e. The molecule has 2 aromatic carbocycles. The number of methoxy groups -OCH3 is 1. The molecular weight excluding hydrogens is 396 g/mol. The van der Waals surface area contributed by atoms with Crippen LogP contribution in [0.4, 0.5) is 10.7 Å². The summed E-state index contributed by atoms with van der Waals surface area (Å²) < 4.78 is 5.40. The van der Waals surface area contributed by atoms with Gasteiger partial charge >= 0.3 is 0 Å². The third-order valence-corrected chi connectivity index (χ3v) is 6.47. The lowest BCUT2D eigenvalue weighted by molar-refractivity contribution is 0.102. The molecule has 30 heavy (non-hydrogen) atoms. The molecule has 0 radical (unpaired) electrons. The summed E-state index contributed by atoms with van der Waals surface area (Å²) in [5.41, 5.74) is 3.84. The lowest BCUT2D eigenvalue weighted by Crippen LogP contribution is -2.19. The van der Waals surface area contributed by atoms with Gasteiger partial charge < -0.3 is 15.4 Å². The predicted octanol–water partition coefficient (Wildman–Crippen LogP) is 5.45. The number of thiophene rings is 1. The van der Waals surface area contributed by atoms with E-state index in [0.29, 0.717) is 27.6 Å². The van der Waals surface area contributed by atoms with Crippen LogP contribution in [0.1, 0.15) is 49.6 Å². The molecule has 1 aromatic heterocycles. The topological polar surface area (TPSA) is 67.4 Å². The number of rotatable bonds is 5. The van der Waals surface area contributed by atoms with Crippen LogP contribution in [-0.2, 0) is 12.8 Å². The Balaban J connectivity index is 1.68. The van der Waals surface area contributed by atoms with Crippen LogP contribution in [0.2, 0.25) is 0 Å². The van der Waals surface area contributed by atoms with Gasteiger partial charge in [-0.15, -0.1) is 11.3 Å². The Morgan fingerprint density at radius 1 is 0.967 bits per heavy atom. The van der Waals surface area contributed by atoms with E-state index in [1.165, 1.54) is 16.2 Å². The molecule has 0 saturated heterocycles. The molecule has 1 heterocycles. The number of anilines is 2. The molecule has 0 atom stereocenters. The van der Waals surface area contributed by atoms with Crippen molar-refractivity contribution in [1.82, 2.24) is 0 Å². The third-order valence-electron chi connectivity index (χ3n) is 5.26. The van der Waals surface area contributed by atoms with Crippen molar-refractivity contribution in [2.45, 2.75) is 32.6 Å². The van der Waals surface area contributed by atoms with Crippen LogP contribution in [0.15, 0.2) is 48.5 Å². The Kier molecular flexibility index (Phi) is 5.86. The molecule has 2 N–H and O–H groups in total. The Morgan fingerprint density at radius 3 is 2.50 bits per heavy atom. The molecule has 154 valence electrons. The average molecular weight is 421 g/mol. The highest BCUT2D eigenvalue weighted by molar-refractivity contribution is 7.17. The van der Waals surface area contributed by atoms with Crippen LogP contribution in [0, 0.1) is 6.92 Å². The molecule has 0 spiro atoms. The summed E-state index contributed by atoms with van der Waals surface area (Å²) in [6, 6.07) is 14.7. The molecule has 4 rings (SSSR count). The minimum Gasteiger partial charge on any atom is -0.495 e. The first kappa shape index (κ1) is 20.2. The fraction of sp³-hybridized carbons (Fsp3) is 0.250. The van der Waals surface area contributed by atoms with Crippen molar-refractivity contribution in [3.05, 3.63) is 75.7 Å². The summed E-state index contributed by atoms with van der Waals surface area (Å²) in [6.07, 6.45) is 3.94. The van der Waals surface area contributed by atoms with Gasteiger partial charge in [-0.1, -0.05) is 24.3 Å². The van der Waals surface area contributed by atoms with Gasteiger partial charge in [-0.05, 0) is 68.0 Å². The fourth-order valence-electron chi connectivity index (χ4n) is 3.76. The Hall–Kier alpha value is -3.12. The number of benzene rings is 2. The van der Waals surface area contributed by atoms with Crippen LogP contribution in [0.5, 0.6) is 5.75 Å². The van der Waals surface area contributed by atoms with E-state index < -0.39 is 0 Å². The Labute approximate surface area is 180 Å². The number of ether oxygens (including phenoxy) is 1. The molecule has 1 aliphatic rings. The molecule has 0 unspecified atom stereocenters. The summed E-state index contributed by atoms with van der Waals surface area (Å²) in [5.74, 6) is 0.172. The van der Waals surface area contributed by atoms with Crippen molar-refractivity contribution in [1.29, 1.82) is 0 Å². The van der Waals surface area contributed by atoms with Crippen molar-refractivity contribution in [2.24, 2.45) is 0 Å². The molecule has 0 fully saturated rings. The summed E-state index contributed by atoms with van der Waals surface area (Å²) in [5, 5.41) is 6.59. The Bertz CT molecular complexity index is 1090. The van der Waals surface area contributed by atoms with E-state index in [1.54, 1.807) is 19.2 Å².